The molecule has 0 bridgehead atoms. The zero-order valence-electron chi connectivity index (χ0n) is 14.3. The highest BCUT2D eigenvalue weighted by molar-refractivity contribution is 5.46. The van der Waals surface area contributed by atoms with Crippen LogP contribution < -0.4 is 5.73 Å². The molecule has 0 fully saturated rings. The molecule has 0 aromatic carbocycles. The van der Waals surface area contributed by atoms with Crippen LogP contribution in [0.5, 0.6) is 0 Å². The average molecular weight is 276 g/mol. The zero-order chi connectivity index (χ0) is 15.8. The fourth-order valence-corrected chi connectivity index (χ4v) is 0.991. The Balaban J connectivity index is -0.000000249. The van der Waals surface area contributed by atoms with E-state index in [0.717, 1.165) is 25.9 Å². The van der Waals surface area contributed by atoms with Crippen LogP contribution in [0.25, 0.3) is 0 Å². The quantitative estimate of drug-likeness (QED) is 0.727. The number of nitrogens with zero attached hydrogens (tertiary/aromatic N) is 1. The Morgan fingerprint density at radius 2 is 1.68 bits per heavy atom. The molecule has 0 spiro atoms. The lowest BCUT2D eigenvalue weighted by atomic mass is 10.1. The standard InChI is InChI=1S/C8H17NO.C5H13NO.C2H6/c1-4-8(3)6-9(5-2)7-10;1-4(6)5(2)7-3;1-2/h7-8H,4-6H2,1-3H3;4-5H,6H2,1-3H3;1-2H3. The first-order valence-corrected chi connectivity index (χ1v) is 7.40. The van der Waals surface area contributed by atoms with Crippen LogP contribution in [0.15, 0.2) is 0 Å². The normalized spacial score (nSPS) is 13.9. The molecule has 0 heterocycles. The van der Waals surface area contributed by atoms with E-state index >= 15 is 0 Å². The molecule has 3 unspecified atom stereocenters. The van der Waals surface area contributed by atoms with Crippen molar-refractivity contribution in [2.24, 2.45) is 11.7 Å². The van der Waals surface area contributed by atoms with E-state index in [-0.39, 0.29) is 12.1 Å². The molecule has 0 saturated heterocycles. The summed E-state index contributed by atoms with van der Waals surface area (Å²) in [5, 5.41) is 0. The molecule has 0 rings (SSSR count). The first-order valence-electron chi connectivity index (χ1n) is 7.40. The summed E-state index contributed by atoms with van der Waals surface area (Å²) in [6, 6.07) is 0.144. The van der Waals surface area contributed by atoms with Crippen LogP contribution in [0.1, 0.15) is 54.9 Å². The Morgan fingerprint density at radius 3 is 1.84 bits per heavy atom. The van der Waals surface area contributed by atoms with Gasteiger partial charge in [0.1, 0.15) is 0 Å². The molecule has 0 aromatic heterocycles. The summed E-state index contributed by atoms with van der Waals surface area (Å²) in [6.07, 6.45) is 2.25. The molecular weight excluding hydrogens is 240 g/mol. The van der Waals surface area contributed by atoms with Crippen molar-refractivity contribution in [3.8, 4) is 0 Å². The summed E-state index contributed by atoms with van der Waals surface area (Å²) in [5.41, 5.74) is 5.42. The molecule has 0 radical (unpaired) electrons. The van der Waals surface area contributed by atoms with Crippen molar-refractivity contribution in [1.82, 2.24) is 4.90 Å². The molecule has 118 valence electrons. The van der Waals surface area contributed by atoms with Crippen LogP contribution in [0.3, 0.4) is 0 Å². The van der Waals surface area contributed by atoms with Crippen LogP contribution in [0, 0.1) is 5.92 Å². The molecule has 0 saturated carbocycles. The van der Waals surface area contributed by atoms with Gasteiger partial charge in [-0.05, 0) is 26.7 Å². The number of carbonyl (C=O) groups excluding carboxylic acids is 1. The molecule has 0 aromatic rings. The maximum absolute atomic E-state index is 10.3. The van der Waals surface area contributed by atoms with E-state index in [1.807, 2.05) is 34.6 Å². The first-order chi connectivity index (χ1) is 8.92. The van der Waals surface area contributed by atoms with Gasteiger partial charge in [0.05, 0.1) is 6.10 Å². The van der Waals surface area contributed by atoms with Gasteiger partial charge in [0.15, 0.2) is 0 Å². The summed E-state index contributed by atoms with van der Waals surface area (Å²) in [6.45, 7) is 15.9. The van der Waals surface area contributed by atoms with Crippen molar-refractivity contribution < 1.29 is 9.53 Å². The van der Waals surface area contributed by atoms with Gasteiger partial charge >= 0.3 is 0 Å². The number of hydrogen-bond acceptors (Lipinski definition) is 3. The highest BCUT2D eigenvalue weighted by Gasteiger charge is 2.03. The van der Waals surface area contributed by atoms with E-state index in [0.29, 0.717) is 5.92 Å². The SMILES string of the molecule is CC.CCC(C)CN(C=O)CC.COC(C)C(C)N. The minimum atomic E-state index is 0.144. The second kappa shape index (κ2) is 17.4. The number of ether oxygens (including phenoxy) is 1. The van der Waals surface area contributed by atoms with Gasteiger partial charge in [-0.15, -0.1) is 0 Å². The maximum Gasteiger partial charge on any atom is 0.209 e. The third-order valence-corrected chi connectivity index (χ3v) is 2.91. The Labute approximate surface area is 120 Å². The van der Waals surface area contributed by atoms with Gasteiger partial charge in [-0.25, -0.2) is 0 Å². The molecule has 4 heteroatoms. The van der Waals surface area contributed by atoms with Crippen LogP contribution in [0.2, 0.25) is 0 Å². The van der Waals surface area contributed by atoms with Crippen molar-refractivity contribution in [3.63, 3.8) is 0 Å². The molecule has 0 aliphatic rings. The number of methoxy groups -OCH3 is 1. The van der Waals surface area contributed by atoms with Gasteiger partial charge in [-0.2, -0.15) is 0 Å². The van der Waals surface area contributed by atoms with Gasteiger partial charge in [-0.3, -0.25) is 4.79 Å². The topological polar surface area (TPSA) is 55.6 Å². The largest absolute Gasteiger partial charge is 0.380 e. The third-order valence-electron chi connectivity index (χ3n) is 2.91. The van der Waals surface area contributed by atoms with E-state index in [4.69, 9.17) is 10.5 Å². The lowest BCUT2D eigenvalue weighted by Crippen LogP contribution is -2.30. The van der Waals surface area contributed by atoms with E-state index in [1.54, 1.807) is 12.0 Å². The second-order valence-corrected chi connectivity index (χ2v) is 4.51. The van der Waals surface area contributed by atoms with Crippen LogP contribution >= 0.6 is 0 Å². The van der Waals surface area contributed by atoms with Crippen LogP contribution in [0.4, 0.5) is 0 Å². The molecule has 4 nitrogen and oxygen atoms in total. The fourth-order valence-electron chi connectivity index (χ4n) is 0.991. The lowest BCUT2D eigenvalue weighted by Gasteiger charge is -2.18. The highest BCUT2D eigenvalue weighted by atomic mass is 16.5. The smallest absolute Gasteiger partial charge is 0.209 e. The average Bonchev–Trinajstić information content (AvgIpc) is 2.45. The van der Waals surface area contributed by atoms with Gasteiger partial charge in [0.2, 0.25) is 6.41 Å². The molecule has 0 aliphatic carbocycles. The molecule has 2 N–H and O–H groups in total. The predicted octanol–water partition coefficient (Wildman–Crippen LogP) is 2.91. The van der Waals surface area contributed by atoms with Crippen molar-refractivity contribution in [2.75, 3.05) is 20.2 Å². The summed E-state index contributed by atoms with van der Waals surface area (Å²) >= 11 is 0. The predicted molar refractivity (Wildman–Crippen MR) is 84.2 cm³/mol. The van der Waals surface area contributed by atoms with Crippen molar-refractivity contribution >= 4 is 6.41 Å². The molecule has 19 heavy (non-hydrogen) atoms. The van der Waals surface area contributed by atoms with E-state index < -0.39 is 0 Å². The molecular formula is C15H36N2O2. The van der Waals surface area contributed by atoms with Gasteiger partial charge < -0.3 is 15.4 Å². The summed E-state index contributed by atoms with van der Waals surface area (Å²) < 4.78 is 4.89. The Morgan fingerprint density at radius 1 is 1.21 bits per heavy atom. The minimum Gasteiger partial charge on any atom is -0.380 e. The Kier molecular flexibility index (Phi) is 21.5. The summed E-state index contributed by atoms with van der Waals surface area (Å²) in [5.74, 6) is 0.630. The number of carbonyl (C=O) groups is 1. The molecule has 0 aliphatic heterocycles. The van der Waals surface area contributed by atoms with Gasteiger partial charge in [0.25, 0.3) is 0 Å². The maximum atomic E-state index is 10.3. The number of rotatable bonds is 7. The molecule has 1 amide bonds. The number of amides is 1. The zero-order valence-corrected chi connectivity index (χ0v) is 14.3. The van der Waals surface area contributed by atoms with Gasteiger partial charge in [-0.1, -0.05) is 34.1 Å². The Hall–Kier alpha value is -0.610. The van der Waals surface area contributed by atoms with Crippen molar-refractivity contribution in [2.45, 2.75) is 67.0 Å². The van der Waals surface area contributed by atoms with Gasteiger partial charge in [0, 0.05) is 26.2 Å². The van der Waals surface area contributed by atoms with Crippen molar-refractivity contribution in [3.05, 3.63) is 0 Å². The van der Waals surface area contributed by atoms with E-state index in [9.17, 15) is 4.79 Å². The summed E-state index contributed by atoms with van der Waals surface area (Å²) in [7, 11) is 1.66. The van der Waals surface area contributed by atoms with Crippen LogP contribution in [-0.2, 0) is 9.53 Å². The second-order valence-electron chi connectivity index (χ2n) is 4.51. The molecule has 3 atom stereocenters. The lowest BCUT2D eigenvalue weighted by molar-refractivity contribution is -0.118. The summed E-state index contributed by atoms with van der Waals surface area (Å²) in [4.78, 5) is 12.1. The number of nitrogens with two attached hydrogens (primary N) is 1. The van der Waals surface area contributed by atoms with E-state index in [1.165, 1.54) is 0 Å². The van der Waals surface area contributed by atoms with E-state index in [2.05, 4.69) is 13.8 Å². The third kappa shape index (κ3) is 17.4. The van der Waals surface area contributed by atoms with Crippen LogP contribution in [-0.4, -0.2) is 43.7 Å². The highest BCUT2D eigenvalue weighted by Crippen LogP contribution is 2.01. The fraction of sp³-hybridized carbons (Fsp3) is 0.933. The van der Waals surface area contributed by atoms with Crippen molar-refractivity contribution in [1.29, 1.82) is 0 Å². The monoisotopic (exact) mass is 276 g/mol. The Bertz CT molecular complexity index is 176. The number of hydrogen-bond donors (Lipinski definition) is 1. The first kappa shape index (κ1) is 23.5. The minimum absolute atomic E-state index is 0.144.